The molecule has 0 saturated heterocycles. The van der Waals surface area contributed by atoms with Gasteiger partial charge in [-0.1, -0.05) is 54.1 Å². The number of ether oxygens (including phenoxy) is 1. The number of rotatable bonds is 5. The molecule has 0 amide bonds. The number of aryl methyl sites for hydroxylation is 1. The first-order valence-electron chi connectivity index (χ1n) is 8.30. The molecule has 128 valence electrons. The monoisotopic (exact) mass is 343 g/mol. The third-order valence-corrected chi connectivity index (χ3v) is 3.99. The van der Waals surface area contributed by atoms with Gasteiger partial charge in [-0.15, -0.1) is 0 Å². The van der Waals surface area contributed by atoms with Crippen molar-refractivity contribution in [3.05, 3.63) is 101 Å². The minimum atomic E-state index is -0.258. The smallest absolute Gasteiger partial charge is 0.123 e. The van der Waals surface area contributed by atoms with E-state index in [9.17, 15) is 9.65 Å². The van der Waals surface area contributed by atoms with E-state index in [1.807, 2.05) is 61.5 Å². The summed E-state index contributed by atoms with van der Waals surface area (Å²) >= 11 is 0. The molecule has 0 bridgehead atoms. The molecule has 0 aliphatic heterocycles. The van der Waals surface area contributed by atoms with Crippen LogP contribution in [0.25, 0.3) is 11.6 Å². The number of nitrogens with zero attached hydrogens (tertiary/aromatic N) is 1. The lowest BCUT2D eigenvalue weighted by Crippen LogP contribution is -1.95. The first-order chi connectivity index (χ1) is 12.6. The lowest BCUT2D eigenvalue weighted by Gasteiger charge is -2.07. The molecular weight excluding hydrogens is 325 g/mol. The number of nitriles is 1. The molecule has 0 atom stereocenters. The SMILES string of the molecule is Cc1ccc(/C(C#N)=C\c2ccc(OCc3ccc(F)cc3)cc2)cc1. The summed E-state index contributed by atoms with van der Waals surface area (Å²) in [6, 6.07) is 23.9. The first-order valence-corrected chi connectivity index (χ1v) is 8.30. The summed E-state index contributed by atoms with van der Waals surface area (Å²) in [7, 11) is 0. The van der Waals surface area contributed by atoms with Gasteiger partial charge in [-0.3, -0.25) is 0 Å². The van der Waals surface area contributed by atoms with Crippen molar-refractivity contribution in [2.75, 3.05) is 0 Å². The highest BCUT2D eigenvalue weighted by atomic mass is 19.1. The van der Waals surface area contributed by atoms with Crippen LogP contribution in [0, 0.1) is 24.1 Å². The van der Waals surface area contributed by atoms with Crippen molar-refractivity contribution in [1.29, 1.82) is 5.26 Å². The normalized spacial score (nSPS) is 11.0. The molecule has 0 spiro atoms. The number of benzene rings is 3. The molecule has 0 unspecified atom stereocenters. The van der Waals surface area contributed by atoms with Crippen molar-refractivity contribution < 1.29 is 9.13 Å². The van der Waals surface area contributed by atoms with Gasteiger partial charge in [0.15, 0.2) is 0 Å². The molecule has 3 rings (SSSR count). The van der Waals surface area contributed by atoms with E-state index in [4.69, 9.17) is 4.74 Å². The van der Waals surface area contributed by atoms with Crippen molar-refractivity contribution in [3.63, 3.8) is 0 Å². The van der Waals surface area contributed by atoms with Gasteiger partial charge in [-0.2, -0.15) is 5.26 Å². The van der Waals surface area contributed by atoms with Gasteiger partial charge in [-0.05, 0) is 54.0 Å². The second-order valence-electron chi connectivity index (χ2n) is 6.02. The highest BCUT2D eigenvalue weighted by Gasteiger charge is 2.02. The van der Waals surface area contributed by atoms with E-state index in [0.29, 0.717) is 12.2 Å². The maximum absolute atomic E-state index is 12.9. The van der Waals surface area contributed by atoms with Crippen molar-refractivity contribution in [3.8, 4) is 11.8 Å². The molecule has 0 saturated carbocycles. The zero-order valence-corrected chi connectivity index (χ0v) is 14.4. The predicted molar refractivity (Wildman–Crippen MR) is 102 cm³/mol. The Kier molecular flexibility index (Phi) is 5.46. The molecule has 3 heteroatoms. The highest BCUT2D eigenvalue weighted by molar-refractivity contribution is 5.89. The minimum absolute atomic E-state index is 0.258. The van der Waals surface area contributed by atoms with Crippen LogP contribution < -0.4 is 4.74 Å². The lowest BCUT2D eigenvalue weighted by atomic mass is 10.0. The van der Waals surface area contributed by atoms with Crippen LogP contribution in [0.3, 0.4) is 0 Å². The van der Waals surface area contributed by atoms with Gasteiger partial charge in [0.25, 0.3) is 0 Å². The molecule has 3 aromatic rings. The fourth-order valence-corrected chi connectivity index (χ4v) is 2.49. The van der Waals surface area contributed by atoms with E-state index in [1.54, 1.807) is 12.1 Å². The third kappa shape index (κ3) is 4.58. The maximum Gasteiger partial charge on any atom is 0.123 e. The number of hydrogen-bond donors (Lipinski definition) is 0. The van der Waals surface area contributed by atoms with Crippen molar-refractivity contribution >= 4 is 11.6 Å². The Morgan fingerprint density at radius 2 is 1.62 bits per heavy atom. The molecule has 2 nitrogen and oxygen atoms in total. The Morgan fingerprint density at radius 1 is 0.962 bits per heavy atom. The summed E-state index contributed by atoms with van der Waals surface area (Å²) in [4.78, 5) is 0. The lowest BCUT2D eigenvalue weighted by molar-refractivity contribution is 0.306. The highest BCUT2D eigenvalue weighted by Crippen LogP contribution is 2.20. The van der Waals surface area contributed by atoms with E-state index in [0.717, 1.165) is 28.0 Å². The summed E-state index contributed by atoms with van der Waals surface area (Å²) in [6.45, 7) is 2.40. The van der Waals surface area contributed by atoms with E-state index in [2.05, 4.69) is 6.07 Å². The van der Waals surface area contributed by atoms with Crippen molar-refractivity contribution in [2.24, 2.45) is 0 Å². The van der Waals surface area contributed by atoms with Crippen LogP contribution in [0.1, 0.15) is 22.3 Å². The molecule has 0 N–H and O–H groups in total. The molecule has 0 fully saturated rings. The maximum atomic E-state index is 12.9. The zero-order chi connectivity index (χ0) is 18.4. The number of hydrogen-bond acceptors (Lipinski definition) is 2. The van der Waals surface area contributed by atoms with Crippen molar-refractivity contribution in [1.82, 2.24) is 0 Å². The molecule has 0 aromatic heterocycles. The summed E-state index contributed by atoms with van der Waals surface area (Å²) in [5, 5.41) is 9.42. The summed E-state index contributed by atoms with van der Waals surface area (Å²) in [5.74, 6) is 0.465. The Morgan fingerprint density at radius 3 is 2.23 bits per heavy atom. The molecule has 0 heterocycles. The van der Waals surface area contributed by atoms with Crippen LogP contribution in [-0.4, -0.2) is 0 Å². The molecule has 0 aliphatic rings. The van der Waals surface area contributed by atoms with Crippen LogP contribution in [0.5, 0.6) is 5.75 Å². The van der Waals surface area contributed by atoms with E-state index in [1.165, 1.54) is 12.1 Å². The average Bonchev–Trinajstić information content (AvgIpc) is 2.67. The van der Waals surface area contributed by atoms with E-state index >= 15 is 0 Å². The van der Waals surface area contributed by atoms with Crippen LogP contribution in [-0.2, 0) is 6.61 Å². The minimum Gasteiger partial charge on any atom is -0.489 e. The van der Waals surface area contributed by atoms with Crippen molar-refractivity contribution in [2.45, 2.75) is 13.5 Å². The third-order valence-electron chi connectivity index (χ3n) is 3.99. The molecule has 0 radical (unpaired) electrons. The fourth-order valence-electron chi connectivity index (χ4n) is 2.49. The second-order valence-corrected chi connectivity index (χ2v) is 6.02. The Bertz CT molecular complexity index is 933. The van der Waals surface area contributed by atoms with Crippen LogP contribution in [0.2, 0.25) is 0 Å². The van der Waals surface area contributed by atoms with Crippen LogP contribution >= 0.6 is 0 Å². The standard InChI is InChI=1S/C23H18FNO/c1-17-2-8-20(9-3-17)21(15-25)14-18-6-12-23(13-7-18)26-16-19-4-10-22(24)11-5-19/h2-14H,16H2,1H3/b21-14-. The van der Waals surface area contributed by atoms with Gasteiger partial charge in [0, 0.05) is 0 Å². The predicted octanol–water partition coefficient (Wildman–Crippen LogP) is 5.78. The largest absolute Gasteiger partial charge is 0.489 e. The van der Waals surface area contributed by atoms with E-state index in [-0.39, 0.29) is 5.82 Å². The number of halogens is 1. The van der Waals surface area contributed by atoms with Gasteiger partial charge in [0.1, 0.15) is 18.2 Å². The molecule has 26 heavy (non-hydrogen) atoms. The average molecular weight is 343 g/mol. The molecule has 0 aliphatic carbocycles. The quantitative estimate of drug-likeness (QED) is 0.435. The van der Waals surface area contributed by atoms with Gasteiger partial charge in [-0.25, -0.2) is 4.39 Å². The topological polar surface area (TPSA) is 33.0 Å². The first kappa shape index (κ1) is 17.4. The van der Waals surface area contributed by atoms with Crippen LogP contribution in [0.4, 0.5) is 4.39 Å². The summed E-state index contributed by atoms with van der Waals surface area (Å²) in [6.07, 6.45) is 1.86. The molecule has 3 aromatic carbocycles. The van der Waals surface area contributed by atoms with Gasteiger partial charge in [0.2, 0.25) is 0 Å². The van der Waals surface area contributed by atoms with Gasteiger partial charge in [0.05, 0.1) is 11.6 Å². The second kappa shape index (κ2) is 8.13. The van der Waals surface area contributed by atoms with Gasteiger partial charge < -0.3 is 4.74 Å². The summed E-state index contributed by atoms with van der Waals surface area (Å²) in [5.41, 5.74) is 4.51. The fraction of sp³-hybridized carbons (Fsp3) is 0.0870. The van der Waals surface area contributed by atoms with E-state index < -0.39 is 0 Å². The van der Waals surface area contributed by atoms with Gasteiger partial charge >= 0.3 is 0 Å². The van der Waals surface area contributed by atoms with Crippen LogP contribution in [0.15, 0.2) is 72.8 Å². The summed E-state index contributed by atoms with van der Waals surface area (Å²) < 4.78 is 18.6. The Balaban J connectivity index is 1.69. The zero-order valence-electron chi connectivity index (χ0n) is 14.4. The molecular formula is C23H18FNO. The Hall–Kier alpha value is -3.38. The number of allylic oxidation sites excluding steroid dienone is 1. The Labute approximate surface area is 152 Å².